The minimum absolute atomic E-state index is 0.0375. The zero-order chi connectivity index (χ0) is 21.6. The Labute approximate surface area is 187 Å². The van der Waals surface area contributed by atoms with Crippen LogP contribution in [0.25, 0.3) is 10.2 Å². The number of anilines is 1. The van der Waals surface area contributed by atoms with Gasteiger partial charge in [0, 0.05) is 23.0 Å². The molecule has 0 aliphatic heterocycles. The third-order valence-electron chi connectivity index (χ3n) is 5.30. The van der Waals surface area contributed by atoms with Crippen LogP contribution in [0.5, 0.6) is 5.75 Å². The summed E-state index contributed by atoms with van der Waals surface area (Å²) in [4.78, 5) is 32.5. The van der Waals surface area contributed by atoms with Crippen LogP contribution in [0.4, 0.5) is 5.69 Å². The molecule has 158 valence electrons. The van der Waals surface area contributed by atoms with Gasteiger partial charge < -0.3 is 10.1 Å². The normalized spacial score (nSPS) is 14.0. The van der Waals surface area contributed by atoms with E-state index in [1.165, 1.54) is 23.7 Å². The van der Waals surface area contributed by atoms with Gasteiger partial charge in [-0.1, -0.05) is 23.4 Å². The number of thioether (sulfide) groups is 1. The van der Waals surface area contributed by atoms with E-state index in [-0.39, 0.29) is 11.5 Å². The first-order valence-corrected chi connectivity index (χ1v) is 11.7. The molecule has 9 heteroatoms. The number of benzene rings is 1. The number of methoxy groups -OCH3 is 1. The first kappa shape index (κ1) is 21.2. The number of thiophene rings is 1. The SMILES string of the molecule is COc1cc(Cl)c(C)cc1NC(=O)C(C)Sc1nc2sc3c(c2c(=O)n1C)CCC3. The molecule has 1 unspecified atom stereocenters. The second-order valence-electron chi connectivity index (χ2n) is 7.35. The molecule has 0 fully saturated rings. The molecule has 0 saturated carbocycles. The summed E-state index contributed by atoms with van der Waals surface area (Å²) in [6.45, 7) is 3.66. The number of hydrogen-bond acceptors (Lipinski definition) is 6. The average molecular weight is 464 g/mol. The van der Waals surface area contributed by atoms with Crippen LogP contribution in [0.1, 0.15) is 29.3 Å². The number of aryl methyl sites for hydroxylation is 3. The van der Waals surface area contributed by atoms with E-state index in [9.17, 15) is 9.59 Å². The Morgan fingerprint density at radius 2 is 2.17 bits per heavy atom. The van der Waals surface area contributed by atoms with Crippen molar-refractivity contribution in [2.75, 3.05) is 12.4 Å². The molecule has 2 aromatic heterocycles. The van der Waals surface area contributed by atoms with Crippen molar-refractivity contribution in [3.05, 3.63) is 43.5 Å². The fourth-order valence-corrected chi connectivity index (χ4v) is 5.92. The van der Waals surface area contributed by atoms with E-state index in [0.29, 0.717) is 21.6 Å². The number of hydrogen-bond donors (Lipinski definition) is 1. The molecule has 30 heavy (non-hydrogen) atoms. The van der Waals surface area contributed by atoms with E-state index in [1.54, 1.807) is 42.0 Å². The van der Waals surface area contributed by atoms with Gasteiger partial charge in [0.25, 0.3) is 5.56 Å². The lowest BCUT2D eigenvalue weighted by molar-refractivity contribution is -0.115. The van der Waals surface area contributed by atoms with Crippen molar-refractivity contribution < 1.29 is 9.53 Å². The molecular formula is C21H22ClN3O3S2. The average Bonchev–Trinajstić information content (AvgIpc) is 3.29. The van der Waals surface area contributed by atoms with E-state index in [2.05, 4.69) is 5.32 Å². The number of amides is 1. The third kappa shape index (κ3) is 3.72. The van der Waals surface area contributed by atoms with Gasteiger partial charge in [-0.3, -0.25) is 14.2 Å². The van der Waals surface area contributed by atoms with Gasteiger partial charge >= 0.3 is 0 Å². The van der Waals surface area contributed by atoms with Crippen molar-refractivity contribution in [3.8, 4) is 5.75 Å². The highest BCUT2D eigenvalue weighted by atomic mass is 35.5. The summed E-state index contributed by atoms with van der Waals surface area (Å²) in [7, 11) is 3.24. The van der Waals surface area contributed by atoms with Crippen LogP contribution in [0.3, 0.4) is 0 Å². The Bertz CT molecular complexity index is 1220. The third-order valence-corrected chi connectivity index (χ3v) is 8.03. The van der Waals surface area contributed by atoms with Crippen LogP contribution in [0.15, 0.2) is 22.1 Å². The molecule has 3 aromatic rings. The van der Waals surface area contributed by atoms with Crippen LogP contribution >= 0.6 is 34.7 Å². The largest absolute Gasteiger partial charge is 0.495 e. The zero-order valence-corrected chi connectivity index (χ0v) is 19.6. The smallest absolute Gasteiger partial charge is 0.262 e. The number of rotatable bonds is 5. The lowest BCUT2D eigenvalue weighted by atomic mass is 10.2. The Balaban J connectivity index is 1.58. The molecule has 2 heterocycles. The standard InChI is InChI=1S/C21H22ClN3O3S2/c1-10-8-14(15(28-4)9-13(10)22)23-18(26)11(2)29-21-24-19-17(20(27)25(21)3)12-6-5-7-16(12)30-19/h8-9,11H,5-7H2,1-4H3,(H,23,26). The van der Waals surface area contributed by atoms with Crippen LogP contribution in [-0.2, 0) is 24.7 Å². The van der Waals surface area contributed by atoms with Gasteiger partial charge in [0.05, 0.1) is 23.4 Å². The van der Waals surface area contributed by atoms with Gasteiger partial charge in [-0.25, -0.2) is 4.98 Å². The highest BCUT2D eigenvalue weighted by Gasteiger charge is 2.24. The lowest BCUT2D eigenvalue weighted by Gasteiger charge is -2.16. The Kier molecular flexibility index (Phi) is 5.83. The van der Waals surface area contributed by atoms with Crippen LogP contribution < -0.4 is 15.6 Å². The second kappa shape index (κ2) is 8.24. The predicted octanol–water partition coefficient (Wildman–Crippen LogP) is 4.57. The Morgan fingerprint density at radius 3 is 2.90 bits per heavy atom. The second-order valence-corrected chi connectivity index (χ2v) is 10.1. The van der Waals surface area contributed by atoms with Crippen LogP contribution in [-0.4, -0.2) is 27.8 Å². The number of halogens is 1. The maximum absolute atomic E-state index is 13.0. The summed E-state index contributed by atoms with van der Waals surface area (Å²) in [5.74, 6) is 0.291. The molecule has 6 nitrogen and oxygen atoms in total. The van der Waals surface area contributed by atoms with Gasteiger partial charge in [-0.15, -0.1) is 11.3 Å². The lowest BCUT2D eigenvalue weighted by Crippen LogP contribution is -2.25. The van der Waals surface area contributed by atoms with Crippen molar-refractivity contribution >= 4 is 56.5 Å². The van der Waals surface area contributed by atoms with E-state index in [4.69, 9.17) is 21.3 Å². The van der Waals surface area contributed by atoms with Crippen molar-refractivity contribution in [2.24, 2.45) is 7.05 Å². The molecule has 0 saturated heterocycles. The number of nitrogens with zero attached hydrogens (tertiary/aromatic N) is 2. The van der Waals surface area contributed by atoms with Crippen molar-refractivity contribution in [1.82, 2.24) is 9.55 Å². The first-order valence-electron chi connectivity index (χ1n) is 9.63. The summed E-state index contributed by atoms with van der Waals surface area (Å²) in [5, 5.41) is 4.29. The van der Waals surface area contributed by atoms with Crippen molar-refractivity contribution in [3.63, 3.8) is 0 Å². The van der Waals surface area contributed by atoms with Gasteiger partial charge in [0.1, 0.15) is 10.6 Å². The number of carbonyl (C=O) groups is 1. The monoisotopic (exact) mass is 463 g/mol. The molecule has 1 aromatic carbocycles. The molecule has 4 rings (SSSR count). The van der Waals surface area contributed by atoms with Gasteiger partial charge in [-0.2, -0.15) is 0 Å². The minimum atomic E-state index is -0.465. The van der Waals surface area contributed by atoms with Crippen molar-refractivity contribution in [2.45, 2.75) is 43.5 Å². The molecule has 1 N–H and O–H groups in total. The van der Waals surface area contributed by atoms with E-state index in [0.717, 1.165) is 40.6 Å². The fraction of sp³-hybridized carbons (Fsp3) is 0.381. The highest BCUT2D eigenvalue weighted by molar-refractivity contribution is 8.00. The van der Waals surface area contributed by atoms with Crippen LogP contribution in [0, 0.1) is 6.92 Å². The highest BCUT2D eigenvalue weighted by Crippen LogP contribution is 2.36. The summed E-state index contributed by atoms with van der Waals surface area (Å²) < 4.78 is 6.88. The van der Waals surface area contributed by atoms with Gasteiger partial charge in [0.15, 0.2) is 5.16 Å². The number of nitrogens with one attached hydrogen (secondary N) is 1. The van der Waals surface area contributed by atoms with Crippen LogP contribution in [0.2, 0.25) is 5.02 Å². The maximum atomic E-state index is 13.0. The molecule has 1 atom stereocenters. The minimum Gasteiger partial charge on any atom is -0.495 e. The van der Waals surface area contributed by atoms with E-state index in [1.807, 2.05) is 6.92 Å². The maximum Gasteiger partial charge on any atom is 0.262 e. The fourth-order valence-electron chi connectivity index (χ4n) is 3.59. The molecule has 0 radical (unpaired) electrons. The van der Waals surface area contributed by atoms with Crippen molar-refractivity contribution in [1.29, 1.82) is 0 Å². The quantitative estimate of drug-likeness (QED) is 0.443. The molecule has 0 bridgehead atoms. The molecule has 1 amide bonds. The molecular weight excluding hydrogens is 442 g/mol. The summed E-state index contributed by atoms with van der Waals surface area (Å²) in [6.07, 6.45) is 3.06. The topological polar surface area (TPSA) is 73.2 Å². The van der Waals surface area contributed by atoms with E-state index < -0.39 is 5.25 Å². The predicted molar refractivity (Wildman–Crippen MR) is 124 cm³/mol. The van der Waals surface area contributed by atoms with Gasteiger partial charge in [-0.05, 0) is 50.3 Å². The Hall–Kier alpha value is -2.03. The summed E-state index contributed by atoms with van der Waals surface area (Å²) >= 11 is 9.01. The van der Waals surface area contributed by atoms with E-state index >= 15 is 0 Å². The summed E-state index contributed by atoms with van der Waals surface area (Å²) in [5.41, 5.74) is 2.53. The zero-order valence-electron chi connectivity index (χ0n) is 17.2. The molecule has 1 aliphatic carbocycles. The number of carbonyl (C=O) groups excluding carboxylic acids is 1. The number of fused-ring (bicyclic) bond motifs is 3. The number of ether oxygens (including phenoxy) is 1. The van der Waals surface area contributed by atoms with Gasteiger partial charge in [0.2, 0.25) is 5.91 Å². The molecule has 1 aliphatic rings. The Morgan fingerprint density at radius 1 is 1.40 bits per heavy atom. The first-order chi connectivity index (χ1) is 14.3. The summed E-state index contributed by atoms with van der Waals surface area (Å²) in [6, 6.07) is 3.46. The molecule has 0 spiro atoms. The number of aromatic nitrogens is 2.